The van der Waals surface area contributed by atoms with Crippen molar-refractivity contribution in [2.45, 2.75) is 18.8 Å². The maximum atomic E-state index is 13.7. The Hall–Kier alpha value is -4.31. The lowest BCUT2D eigenvalue weighted by atomic mass is 9.92. The van der Waals surface area contributed by atoms with Gasteiger partial charge in [-0.05, 0) is 64.7 Å². The van der Waals surface area contributed by atoms with Gasteiger partial charge in [0.25, 0.3) is 11.8 Å². The number of hydrogen-bond acceptors (Lipinski definition) is 2. The highest BCUT2D eigenvalue weighted by Gasteiger charge is 2.35. The highest BCUT2D eigenvalue weighted by atomic mass is 19.3. The summed E-state index contributed by atoms with van der Waals surface area (Å²) in [5.74, 6) is -3.28. The average Bonchev–Trinajstić information content (AvgIpc) is 3.28. The molecular weight excluding hydrogens is 475 g/mol. The molecule has 7 heteroatoms. The summed E-state index contributed by atoms with van der Waals surface area (Å²) in [6.07, 6.45) is -0.626. The zero-order chi connectivity index (χ0) is 26.2. The Morgan fingerprint density at radius 1 is 0.838 bits per heavy atom. The first kappa shape index (κ1) is 24.4. The van der Waals surface area contributed by atoms with Gasteiger partial charge < -0.3 is 9.47 Å². The first-order chi connectivity index (χ1) is 17.8. The van der Waals surface area contributed by atoms with Gasteiger partial charge in [0.15, 0.2) is 0 Å². The SMILES string of the molecule is Cn1c(C#N)ccc1-c1ccc(-c2ccc(C(=O)N3CCC(F)(F)CC3)cc2)cc1-c1ccc(F)cc1. The normalized spacial score (nSPS) is 14.8. The maximum Gasteiger partial charge on any atom is 0.253 e. The van der Waals surface area contributed by atoms with Crippen LogP contribution < -0.4 is 0 Å². The van der Waals surface area contributed by atoms with E-state index >= 15 is 0 Å². The van der Waals surface area contributed by atoms with Crippen LogP contribution in [-0.4, -0.2) is 34.4 Å². The van der Waals surface area contributed by atoms with E-state index in [0.717, 1.165) is 33.5 Å². The Morgan fingerprint density at radius 2 is 1.46 bits per heavy atom. The van der Waals surface area contributed by atoms with E-state index in [-0.39, 0.29) is 37.7 Å². The third-order valence-corrected chi connectivity index (χ3v) is 6.93. The third kappa shape index (κ3) is 4.88. The van der Waals surface area contributed by atoms with Gasteiger partial charge in [-0.2, -0.15) is 5.26 Å². The highest BCUT2D eigenvalue weighted by Crippen LogP contribution is 2.37. The standard InChI is InChI=1S/C30H24F3N3O/c1-35-25(19-34)11-13-28(35)26-12-8-23(18-27(26)21-6-9-24(31)10-7-21)20-2-4-22(5-3-20)29(37)36-16-14-30(32,33)15-17-36/h2-13,18H,14-17H2,1H3. The van der Waals surface area contributed by atoms with Gasteiger partial charge in [-0.15, -0.1) is 0 Å². The molecule has 0 unspecified atom stereocenters. The number of alkyl halides is 2. The summed E-state index contributed by atoms with van der Waals surface area (Å²) in [5, 5.41) is 9.38. The van der Waals surface area contributed by atoms with E-state index in [2.05, 4.69) is 6.07 Å². The quantitative estimate of drug-likeness (QED) is 0.306. The van der Waals surface area contributed by atoms with Crippen molar-refractivity contribution in [2.75, 3.05) is 13.1 Å². The first-order valence-corrected chi connectivity index (χ1v) is 12.0. The Morgan fingerprint density at radius 3 is 2.08 bits per heavy atom. The molecule has 0 radical (unpaired) electrons. The molecular formula is C30H24F3N3O. The van der Waals surface area contributed by atoms with Crippen LogP contribution in [0.2, 0.25) is 0 Å². The van der Waals surface area contributed by atoms with Crippen molar-refractivity contribution in [3.05, 3.63) is 95.9 Å². The second-order valence-corrected chi connectivity index (χ2v) is 9.27. The Labute approximate surface area is 213 Å². The number of likely N-dealkylation sites (tertiary alicyclic amines) is 1. The molecule has 2 heterocycles. The Balaban J connectivity index is 1.48. The van der Waals surface area contributed by atoms with Crippen molar-refractivity contribution >= 4 is 5.91 Å². The molecule has 4 aromatic rings. The van der Waals surface area contributed by atoms with E-state index in [0.29, 0.717) is 11.3 Å². The summed E-state index contributed by atoms with van der Waals surface area (Å²) in [6.45, 7) is 0.0888. The fourth-order valence-electron chi connectivity index (χ4n) is 4.73. The lowest BCUT2D eigenvalue weighted by molar-refractivity contribution is -0.0494. The van der Waals surface area contributed by atoms with Crippen LogP contribution in [0.25, 0.3) is 33.5 Å². The molecule has 1 saturated heterocycles. The Bertz CT molecular complexity index is 1490. The molecule has 37 heavy (non-hydrogen) atoms. The summed E-state index contributed by atoms with van der Waals surface area (Å²) >= 11 is 0. The van der Waals surface area contributed by atoms with Gasteiger partial charge in [-0.1, -0.05) is 36.4 Å². The molecule has 0 N–H and O–H groups in total. The van der Waals surface area contributed by atoms with Gasteiger partial charge in [-0.25, -0.2) is 13.2 Å². The van der Waals surface area contributed by atoms with Crippen LogP contribution in [0.1, 0.15) is 28.9 Å². The Kier molecular flexibility index (Phi) is 6.34. The number of amides is 1. The van der Waals surface area contributed by atoms with Crippen LogP contribution >= 0.6 is 0 Å². The number of piperidine rings is 1. The molecule has 4 nitrogen and oxygen atoms in total. The molecule has 1 aliphatic heterocycles. The van der Waals surface area contributed by atoms with Crippen molar-refractivity contribution in [1.82, 2.24) is 9.47 Å². The highest BCUT2D eigenvalue weighted by molar-refractivity contribution is 5.95. The molecule has 1 fully saturated rings. The van der Waals surface area contributed by atoms with E-state index in [4.69, 9.17) is 0 Å². The van der Waals surface area contributed by atoms with Crippen LogP contribution in [0.15, 0.2) is 78.9 Å². The lowest BCUT2D eigenvalue weighted by Gasteiger charge is -2.31. The van der Waals surface area contributed by atoms with Crippen molar-refractivity contribution in [1.29, 1.82) is 5.26 Å². The van der Waals surface area contributed by atoms with Crippen molar-refractivity contribution < 1.29 is 18.0 Å². The van der Waals surface area contributed by atoms with Crippen LogP contribution in [0.4, 0.5) is 13.2 Å². The summed E-state index contributed by atoms with van der Waals surface area (Å²) in [4.78, 5) is 14.3. The molecule has 1 amide bonds. The zero-order valence-corrected chi connectivity index (χ0v) is 20.2. The van der Waals surface area contributed by atoms with E-state index in [1.165, 1.54) is 17.0 Å². The minimum Gasteiger partial charge on any atom is -0.338 e. The number of aromatic nitrogens is 1. The largest absolute Gasteiger partial charge is 0.338 e. The van der Waals surface area contributed by atoms with Gasteiger partial charge in [0, 0.05) is 49.8 Å². The predicted molar refractivity (Wildman–Crippen MR) is 136 cm³/mol. The number of halogens is 3. The number of nitriles is 1. The number of rotatable bonds is 4. The molecule has 0 spiro atoms. The van der Waals surface area contributed by atoms with Crippen LogP contribution in [0.3, 0.4) is 0 Å². The van der Waals surface area contributed by atoms with Crippen LogP contribution in [-0.2, 0) is 7.05 Å². The number of carbonyl (C=O) groups is 1. The van der Waals surface area contributed by atoms with Crippen molar-refractivity contribution in [3.8, 4) is 39.6 Å². The smallest absolute Gasteiger partial charge is 0.253 e. The summed E-state index contributed by atoms with van der Waals surface area (Å²) in [7, 11) is 1.83. The molecule has 0 saturated carbocycles. The molecule has 186 valence electrons. The summed E-state index contributed by atoms with van der Waals surface area (Å²) in [6, 6.07) is 25.1. The predicted octanol–water partition coefficient (Wildman–Crippen LogP) is 6.91. The second kappa shape index (κ2) is 9.62. The van der Waals surface area contributed by atoms with Gasteiger partial charge in [0.2, 0.25) is 0 Å². The average molecular weight is 500 g/mol. The minimum atomic E-state index is -2.70. The van der Waals surface area contributed by atoms with Crippen LogP contribution in [0.5, 0.6) is 0 Å². The number of benzene rings is 3. The molecule has 1 aromatic heterocycles. The summed E-state index contributed by atoms with van der Waals surface area (Å²) < 4.78 is 42.4. The summed E-state index contributed by atoms with van der Waals surface area (Å²) in [5.41, 5.74) is 6.21. The van der Waals surface area contributed by atoms with Gasteiger partial charge >= 0.3 is 0 Å². The van der Waals surface area contributed by atoms with Gasteiger partial charge in [-0.3, -0.25) is 4.79 Å². The number of carbonyl (C=O) groups excluding carboxylic acids is 1. The van der Waals surface area contributed by atoms with E-state index < -0.39 is 5.92 Å². The maximum absolute atomic E-state index is 13.7. The van der Waals surface area contributed by atoms with Crippen molar-refractivity contribution in [2.24, 2.45) is 7.05 Å². The molecule has 0 bridgehead atoms. The van der Waals surface area contributed by atoms with E-state index in [9.17, 15) is 23.2 Å². The van der Waals surface area contributed by atoms with Gasteiger partial charge in [0.05, 0.1) is 0 Å². The second-order valence-electron chi connectivity index (χ2n) is 9.27. The van der Waals surface area contributed by atoms with Crippen LogP contribution in [0, 0.1) is 17.1 Å². The molecule has 0 aliphatic carbocycles. The number of hydrogen-bond donors (Lipinski definition) is 0. The topological polar surface area (TPSA) is 49.0 Å². The minimum absolute atomic E-state index is 0.0444. The lowest BCUT2D eigenvalue weighted by Crippen LogP contribution is -2.42. The first-order valence-electron chi connectivity index (χ1n) is 12.0. The zero-order valence-electron chi connectivity index (χ0n) is 20.2. The molecule has 3 aromatic carbocycles. The fourth-order valence-corrected chi connectivity index (χ4v) is 4.73. The monoisotopic (exact) mass is 499 g/mol. The van der Waals surface area contributed by atoms with E-state index in [1.54, 1.807) is 30.3 Å². The van der Waals surface area contributed by atoms with Crippen molar-refractivity contribution in [3.63, 3.8) is 0 Å². The fraction of sp³-hybridized carbons (Fsp3) is 0.200. The molecule has 1 aliphatic rings. The molecule has 0 atom stereocenters. The van der Waals surface area contributed by atoms with Gasteiger partial charge in [0.1, 0.15) is 17.6 Å². The third-order valence-electron chi connectivity index (χ3n) is 6.93. The molecule has 5 rings (SSSR count). The van der Waals surface area contributed by atoms with E-state index in [1.807, 2.05) is 48.0 Å². The number of nitrogens with zero attached hydrogens (tertiary/aromatic N) is 3.